The van der Waals surface area contributed by atoms with E-state index < -0.39 is 14.6 Å². The summed E-state index contributed by atoms with van der Waals surface area (Å²) >= 11 is 0. The summed E-state index contributed by atoms with van der Waals surface area (Å²) in [6, 6.07) is 0.433. The number of guanidine groups is 1. The van der Waals surface area contributed by atoms with Crippen LogP contribution in [0.3, 0.4) is 0 Å². The Morgan fingerprint density at radius 2 is 1.81 bits per heavy atom. The summed E-state index contributed by atoms with van der Waals surface area (Å²) in [6.07, 6.45) is 2.29. The molecule has 0 saturated carbocycles. The molecule has 1 unspecified atom stereocenters. The lowest BCUT2D eigenvalue weighted by atomic mass is 9.92. The van der Waals surface area contributed by atoms with Crippen LogP contribution in [0.25, 0.3) is 0 Å². The van der Waals surface area contributed by atoms with Gasteiger partial charge in [-0.05, 0) is 19.8 Å². The number of nitrogens with one attached hydrogen (secondary N) is 1. The predicted octanol–water partition coefficient (Wildman–Crippen LogP) is 1.21. The number of hydrogen-bond acceptors (Lipinski definition) is 5. The molecule has 1 atom stereocenters. The van der Waals surface area contributed by atoms with Gasteiger partial charge in [-0.1, -0.05) is 26.7 Å². The quantitative estimate of drug-likeness (QED) is 0.532. The first-order valence-electron chi connectivity index (χ1n) is 10.3. The van der Waals surface area contributed by atoms with Crippen LogP contribution in [0.5, 0.6) is 0 Å². The van der Waals surface area contributed by atoms with E-state index in [1.807, 2.05) is 13.8 Å². The van der Waals surface area contributed by atoms with Crippen LogP contribution in [0.15, 0.2) is 4.99 Å². The Bertz CT molecular complexity index is 596. The highest BCUT2D eigenvalue weighted by Gasteiger charge is 2.41. The van der Waals surface area contributed by atoms with Crippen molar-refractivity contribution in [2.45, 2.75) is 51.3 Å². The zero-order valence-electron chi connectivity index (χ0n) is 17.7. The molecule has 0 aromatic carbocycles. The zero-order valence-corrected chi connectivity index (χ0v) is 18.5. The van der Waals surface area contributed by atoms with Crippen molar-refractivity contribution < 1.29 is 13.2 Å². The van der Waals surface area contributed by atoms with Crippen LogP contribution < -0.4 is 5.32 Å². The molecule has 2 heterocycles. The van der Waals surface area contributed by atoms with Crippen LogP contribution in [-0.4, -0.2) is 93.7 Å². The lowest BCUT2D eigenvalue weighted by Crippen LogP contribution is -2.59. The highest BCUT2D eigenvalue weighted by atomic mass is 32.2. The van der Waals surface area contributed by atoms with Gasteiger partial charge in [0.15, 0.2) is 15.8 Å². The van der Waals surface area contributed by atoms with Crippen LogP contribution >= 0.6 is 0 Å². The van der Waals surface area contributed by atoms with Crippen LogP contribution in [0.2, 0.25) is 0 Å². The summed E-state index contributed by atoms with van der Waals surface area (Å²) in [6.45, 7) is 13.5. The number of rotatable bonds is 6. The maximum Gasteiger partial charge on any atom is 0.193 e. The van der Waals surface area contributed by atoms with Crippen LogP contribution in [-0.2, 0) is 14.6 Å². The summed E-state index contributed by atoms with van der Waals surface area (Å²) < 4.78 is 29.4. The molecule has 0 bridgehead atoms. The topological polar surface area (TPSA) is 74.2 Å². The molecule has 0 aromatic heterocycles. The van der Waals surface area contributed by atoms with Gasteiger partial charge >= 0.3 is 0 Å². The first-order valence-corrected chi connectivity index (χ1v) is 11.9. The molecule has 0 radical (unpaired) electrons. The predicted molar refractivity (Wildman–Crippen MR) is 111 cm³/mol. The Balaban J connectivity index is 2.05. The SMILES string of the molecule is CCC(CC)C(CNC(=NC)N1CCS(=O)(=O)C(C)(C)C1)N1CCOCC1. The Labute approximate surface area is 165 Å². The van der Waals surface area contributed by atoms with Crippen LogP contribution in [0, 0.1) is 5.92 Å². The van der Waals surface area contributed by atoms with E-state index in [1.165, 1.54) is 0 Å². The summed E-state index contributed by atoms with van der Waals surface area (Å²) in [5, 5.41) is 3.55. The second-order valence-corrected chi connectivity index (χ2v) is 11.0. The first-order chi connectivity index (χ1) is 12.8. The summed E-state index contributed by atoms with van der Waals surface area (Å²) in [7, 11) is -1.27. The second-order valence-electron chi connectivity index (χ2n) is 8.22. The largest absolute Gasteiger partial charge is 0.379 e. The molecular formula is C19H38N4O3S. The molecule has 2 fully saturated rings. The Morgan fingerprint density at radius 3 is 2.33 bits per heavy atom. The van der Waals surface area contributed by atoms with Gasteiger partial charge in [-0.3, -0.25) is 9.89 Å². The van der Waals surface area contributed by atoms with Crippen LogP contribution in [0.4, 0.5) is 0 Å². The van der Waals surface area contributed by atoms with E-state index in [0.717, 1.165) is 51.6 Å². The minimum absolute atomic E-state index is 0.181. The van der Waals surface area contributed by atoms with Crippen molar-refractivity contribution in [3.05, 3.63) is 0 Å². The smallest absolute Gasteiger partial charge is 0.193 e. The van der Waals surface area contributed by atoms with Gasteiger partial charge in [0, 0.05) is 45.8 Å². The monoisotopic (exact) mass is 402 g/mol. The Hall–Kier alpha value is -0.860. The molecule has 0 aromatic rings. The first kappa shape index (κ1) is 22.4. The van der Waals surface area contributed by atoms with E-state index in [0.29, 0.717) is 25.0 Å². The molecular weight excluding hydrogens is 364 g/mol. The Kier molecular flexibility index (Phi) is 7.94. The van der Waals surface area contributed by atoms with E-state index in [2.05, 4.69) is 34.0 Å². The van der Waals surface area contributed by atoms with Gasteiger partial charge in [-0.25, -0.2) is 8.42 Å². The maximum atomic E-state index is 12.3. The molecule has 7 nitrogen and oxygen atoms in total. The number of nitrogens with zero attached hydrogens (tertiary/aromatic N) is 3. The minimum atomic E-state index is -3.05. The van der Waals surface area contributed by atoms with Crippen molar-refractivity contribution in [1.82, 2.24) is 15.1 Å². The maximum absolute atomic E-state index is 12.3. The summed E-state index contributed by atoms with van der Waals surface area (Å²) in [5.41, 5.74) is 0. The standard InChI is InChI=1S/C19H38N4O3S/c1-6-16(7-2)17(22-8-11-26-12-9-22)14-21-18(20-5)23-10-13-27(24,25)19(3,4)15-23/h16-17H,6-15H2,1-5H3,(H,20,21). The second kappa shape index (κ2) is 9.56. The number of aliphatic imine (C=N–C) groups is 1. The summed E-state index contributed by atoms with van der Waals surface area (Å²) in [5.74, 6) is 1.61. The van der Waals surface area contributed by atoms with E-state index in [9.17, 15) is 8.42 Å². The third-order valence-corrected chi connectivity index (χ3v) is 8.66. The minimum Gasteiger partial charge on any atom is -0.379 e. The van der Waals surface area contributed by atoms with Gasteiger partial charge in [-0.15, -0.1) is 0 Å². The molecule has 2 rings (SSSR count). The van der Waals surface area contributed by atoms with Crippen molar-refractivity contribution in [1.29, 1.82) is 0 Å². The average Bonchev–Trinajstić information content (AvgIpc) is 2.65. The number of morpholine rings is 1. The van der Waals surface area contributed by atoms with E-state index in [4.69, 9.17) is 4.74 Å². The number of ether oxygens (including phenoxy) is 1. The van der Waals surface area contributed by atoms with Gasteiger partial charge in [0.2, 0.25) is 0 Å². The molecule has 158 valence electrons. The van der Waals surface area contributed by atoms with Crippen molar-refractivity contribution in [3.63, 3.8) is 0 Å². The van der Waals surface area contributed by atoms with Crippen molar-refractivity contribution in [2.24, 2.45) is 10.9 Å². The fourth-order valence-electron chi connectivity index (χ4n) is 4.19. The fourth-order valence-corrected chi connectivity index (χ4v) is 5.55. The van der Waals surface area contributed by atoms with Crippen molar-refractivity contribution in [2.75, 3.05) is 58.7 Å². The molecule has 1 N–H and O–H groups in total. The number of hydrogen-bond donors (Lipinski definition) is 1. The summed E-state index contributed by atoms with van der Waals surface area (Å²) in [4.78, 5) is 9.07. The molecule has 27 heavy (non-hydrogen) atoms. The highest BCUT2D eigenvalue weighted by Crippen LogP contribution is 2.24. The van der Waals surface area contributed by atoms with Gasteiger partial charge in [0.25, 0.3) is 0 Å². The van der Waals surface area contributed by atoms with Crippen molar-refractivity contribution >= 4 is 15.8 Å². The van der Waals surface area contributed by atoms with Gasteiger partial charge in [0.05, 0.1) is 23.7 Å². The van der Waals surface area contributed by atoms with E-state index in [1.54, 1.807) is 7.05 Å². The van der Waals surface area contributed by atoms with Gasteiger partial charge in [-0.2, -0.15) is 0 Å². The zero-order chi connectivity index (χ0) is 20.1. The van der Waals surface area contributed by atoms with E-state index >= 15 is 0 Å². The number of sulfone groups is 1. The Morgan fingerprint density at radius 1 is 1.19 bits per heavy atom. The molecule has 0 spiro atoms. The molecule has 2 aliphatic rings. The average molecular weight is 403 g/mol. The normalized spacial score (nSPS) is 24.8. The van der Waals surface area contributed by atoms with Gasteiger partial charge < -0.3 is 15.0 Å². The fraction of sp³-hybridized carbons (Fsp3) is 0.947. The molecule has 0 aliphatic carbocycles. The molecule has 0 amide bonds. The third kappa shape index (κ3) is 5.35. The van der Waals surface area contributed by atoms with Gasteiger partial charge in [0.1, 0.15) is 0 Å². The van der Waals surface area contributed by atoms with Crippen molar-refractivity contribution in [3.8, 4) is 0 Å². The third-order valence-electron chi connectivity index (χ3n) is 6.13. The van der Waals surface area contributed by atoms with Crippen LogP contribution in [0.1, 0.15) is 40.5 Å². The molecule has 2 aliphatic heterocycles. The highest BCUT2D eigenvalue weighted by molar-refractivity contribution is 7.92. The lowest BCUT2D eigenvalue weighted by molar-refractivity contribution is 0.00259. The lowest BCUT2D eigenvalue weighted by Gasteiger charge is -2.41. The van der Waals surface area contributed by atoms with E-state index in [-0.39, 0.29) is 5.75 Å². The molecule has 2 saturated heterocycles. The molecule has 8 heteroatoms.